The van der Waals surface area contributed by atoms with Crippen molar-refractivity contribution in [1.29, 1.82) is 0 Å². The zero-order valence-electron chi connectivity index (χ0n) is 13.8. The quantitative estimate of drug-likeness (QED) is 0.833. The molecule has 0 aromatic carbocycles. The molecule has 2 heterocycles. The van der Waals surface area contributed by atoms with Gasteiger partial charge in [-0.2, -0.15) is 0 Å². The molecule has 0 aromatic rings. The molecule has 2 amide bonds. The Balaban J connectivity index is 1.71. The van der Waals surface area contributed by atoms with E-state index in [4.69, 9.17) is 4.74 Å². The Morgan fingerprint density at radius 1 is 1.32 bits per heavy atom. The van der Waals surface area contributed by atoms with E-state index >= 15 is 0 Å². The summed E-state index contributed by atoms with van der Waals surface area (Å²) in [6.45, 7) is 7.34. The molecule has 22 heavy (non-hydrogen) atoms. The fraction of sp³-hybridized carbons (Fsp3) is 0.875. The summed E-state index contributed by atoms with van der Waals surface area (Å²) in [6, 6.07) is -0.141. The third-order valence-electron chi connectivity index (χ3n) is 4.90. The number of carbonyl (C=O) groups excluding carboxylic acids is 1. The minimum absolute atomic E-state index is 0.141. The van der Waals surface area contributed by atoms with Crippen molar-refractivity contribution in [2.75, 3.05) is 19.6 Å². The first kappa shape index (κ1) is 17.1. The number of carboxylic acid groups (broad SMARTS) is 1. The van der Waals surface area contributed by atoms with Crippen molar-refractivity contribution < 1.29 is 19.4 Å². The summed E-state index contributed by atoms with van der Waals surface area (Å²) >= 11 is 0. The van der Waals surface area contributed by atoms with Crippen molar-refractivity contribution in [3.8, 4) is 0 Å². The molecule has 2 fully saturated rings. The van der Waals surface area contributed by atoms with Crippen molar-refractivity contribution in [2.45, 2.75) is 58.7 Å². The summed E-state index contributed by atoms with van der Waals surface area (Å²) in [5.41, 5.74) is -0.803. The maximum absolute atomic E-state index is 12.1. The number of urea groups is 1. The zero-order valence-corrected chi connectivity index (χ0v) is 13.8. The van der Waals surface area contributed by atoms with E-state index < -0.39 is 11.4 Å². The van der Waals surface area contributed by atoms with Gasteiger partial charge in [0.1, 0.15) is 0 Å². The lowest BCUT2D eigenvalue weighted by atomic mass is 9.90. The molecule has 0 aromatic heterocycles. The summed E-state index contributed by atoms with van der Waals surface area (Å²) in [4.78, 5) is 24.9. The second-order valence-corrected chi connectivity index (χ2v) is 7.15. The highest BCUT2D eigenvalue weighted by molar-refractivity contribution is 5.79. The smallest absolute Gasteiger partial charge is 0.317 e. The first-order valence-electron chi connectivity index (χ1n) is 8.22. The molecule has 126 valence electrons. The summed E-state index contributed by atoms with van der Waals surface area (Å²) in [6.07, 6.45) is 4.14. The number of hydrogen-bond acceptors (Lipinski definition) is 3. The number of ether oxygens (including phenoxy) is 1. The van der Waals surface area contributed by atoms with E-state index in [1.54, 1.807) is 11.8 Å². The lowest BCUT2D eigenvalue weighted by molar-refractivity contribution is -0.147. The summed E-state index contributed by atoms with van der Waals surface area (Å²) in [7, 11) is 0. The van der Waals surface area contributed by atoms with Crippen LogP contribution in [0.1, 0.15) is 46.5 Å². The third-order valence-corrected chi connectivity index (χ3v) is 4.90. The monoisotopic (exact) mass is 312 g/mol. The van der Waals surface area contributed by atoms with Gasteiger partial charge < -0.3 is 20.1 Å². The molecule has 3 unspecified atom stereocenters. The van der Waals surface area contributed by atoms with Crippen LogP contribution in [0.5, 0.6) is 0 Å². The van der Waals surface area contributed by atoms with Gasteiger partial charge in [-0.3, -0.25) is 4.79 Å². The van der Waals surface area contributed by atoms with Gasteiger partial charge in [-0.25, -0.2) is 4.79 Å². The molecule has 3 atom stereocenters. The van der Waals surface area contributed by atoms with Crippen LogP contribution < -0.4 is 5.32 Å². The first-order chi connectivity index (χ1) is 10.3. The fourth-order valence-corrected chi connectivity index (χ4v) is 3.58. The molecule has 0 bridgehead atoms. The van der Waals surface area contributed by atoms with Crippen LogP contribution in [0.15, 0.2) is 0 Å². The molecule has 0 aliphatic carbocycles. The Morgan fingerprint density at radius 3 is 2.50 bits per heavy atom. The Labute approximate surface area is 132 Å². The van der Waals surface area contributed by atoms with Gasteiger partial charge in [0.2, 0.25) is 0 Å². The van der Waals surface area contributed by atoms with Crippen molar-refractivity contribution in [3.05, 3.63) is 0 Å². The van der Waals surface area contributed by atoms with Gasteiger partial charge in [-0.15, -0.1) is 0 Å². The van der Waals surface area contributed by atoms with Gasteiger partial charge in [0.15, 0.2) is 0 Å². The Kier molecular flexibility index (Phi) is 5.32. The molecule has 0 radical (unpaired) electrons. The number of likely N-dealkylation sites (tertiary alicyclic amines) is 1. The van der Waals surface area contributed by atoms with Crippen LogP contribution in [0.3, 0.4) is 0 Å². The predicted molar refractivity (Wildman–Crippen MR) is 82.7 cm³/mol. The number of carboxylic acids is 1. The summed E-state index contributed by atoms with van der Waals surface area (Å²) in [5.74, 6) is -0.241. The normalized spacial score (nSPS) is 35.4. The van der Waals surface area contributed by atoms with E-state index in [2.05, 4.69) is 19.2 Å². The van der Waals surface area contributed by atoms with E-state index in [-0.39, 0.29) is 6.03 Å². The number of rotatable bonds is 4. The molecule has 2 aliphatic rings. The molecule has 2 saturated heterocycles. The van der Waals surface area contributed by atoms with E-state index in [0.29, 0.717) is 44.2 Å². The molecule has 0 spiro atoms. The van der Waals surface area contributed by atoms with Gasteiger partial charge in [0.25, 0.3) is 0 Å². The van der Waals surface area contributed by atoms with Crippen molar-refractivity contribution in [3.63, 3.8) is 0 Å². The van der Waals surface area contributed by atoms with E-state index in [1.807, 2.05) is 0 Å². The lowest BCUT2D eigenvalue weighted by Gasteiger charge is -2.32. The lowest BCUT2D eigenvalue weighted by Crippen LogP contribution is -2.41. The predicted octanol–water partition coefficient (Wildman–Crippen LogP) is 2.09. The maximum Gasteiger partial charge on any atom is 0.317 e. The van der Waals surface area contributed by atoms with Crippen LogP contribution in [0.25, 0.3) is 0 Å². The van der Waals surface area contributed by atoms with Crippen LogP contribution in [0, 0.1) is 11.3 Å². The largest absolute Gasteiger partial charge is 0.481 e. The second-order valence-electron chi connectivity index (χ2n) is 7.15. The van der Waals surface area contributed by atoms with Crippen LogP contribution in [-0.4, -0.2) is 53.8 Å². The topological polar surface area (TPSA) is 78.9 Å². The van der Waals surface area contributed by atoms with Gasteiger partial charge in [0.05, 0.1) is 17.6 Å². The molecule has 2 N–H and O–H groups in total. The van der Waals surface area contributed by atoms with Crippen LogP contribution >= 0.6 is 0 Å². The molecule has 0 saturated carbocycles. The second kappa shape index (κ2) is 6.86. The van der Waals surface area contributed by atoms with E-state index in [9.17, 15) is 14.7 Å². The summed E-state index contributed by atoms with van der Waals surface area (Å²) < 4.78 is 5.72. The highest BCUT2D eigenvalue weighted by atomic mass is 16.5. The average Bonchev–Trinajstić information content (AvgIpc) is 2.82. The number of hydrogen-bond donors (Lipinski definition) is 2. The standard InChI is InChI=1S/C16H28N2O4/c1-11-8-13(9-12(2)22-11)4-6-17-15(21)18-7-5-16(3,10-18)14(19)20/h11-13H,4-10H2,1-3H3,(H,17,21)(H,19,20). The Bertz CT molecular complexity index is 418. The fourth-order valence-electron chi connectivity index (χ4n) is 3.58. The Hall–Kier alpha value is -1.30. The van der Waals surface area contributed by atoms with Crippen LogP contribution in [-0.2, 0) is 9.53 Å². The molecule has 2 aliphatic heterocycles. The Morgan fingerprint density at radius 2 is 1.95 bits per heavy atom. The highest BCUT2D eigenvalue weighted by Gasteiger charge is 2.42. The number of nitrogens with zero attached hydrogens (tertiary/aromatic N) is 1. The minimum atomic E-state index is -0.826. The maximum atomic E-state index is 12.1. The van der Waals surface area contributed by atoms with Crippen molar-refractivity contribution in [2.24, 2.45) is 11.3 Å². The van der Waals surface area contributed by atoms with E-state index in [1.165, 1.54) is 0 Å². The number of aliphatic carboxylic acids is 1. The van der Waals surface area contributed by atoms with Gasteiger partial charge in [-0.05, 0) is 52.4 Å². The summed E-state index contributed by atoms with van der Waals surface area (Å²) in [5, 5.41) is 12.1. The SMILES string of the molecule is CC1CC(CCNC(=O)N2CCC(C)(C(=O)O)C2)CC(C)O1. The van der Waals surface area contributed by atoms with Crippen LogP contribution in [0.4, 0.5) is 4.79 Å². The average molecular weight is 312 g/mol. The minimum Gasteiger partial charge on any atom is -0.481 e. The zero-order chi connectivity index (χ0) is 16.3. The highest BCUT2D eigenvalue weighted by Crippen LogP contribution is 2.30. The molecule has 2 rings (SSSR count). The van der Waals surface area contributed by atoms with Crippen LogP contribution in [0.2, 0.25) is 0 Å². The van der Waals surface area contributed by atoms with Crippen molar-refractivity contribution in [1.82, 2.24) is 10.2 Å². The number of carbonyl (C=O) groups is 2. The van der Waals surface area contributed by atoms with E-state index in [0.717, 1.165) is 19.3 Å². The van der Waals surface area contributed by atoms with Gasteiger partial charge in [-0.1, -0.05) is 0 Å². The number of amides is 2. The van der Waals surface area contributed by atoms with Crippen molar-refractivity contribution >= 4 is 12.0 Å². The molecular formula is C16H28N2O4. The molecular weight excluding hydrogens is 284 g/mol. The molecule has 6 heteroatoms. The van der Waals surface area contributed by atoms with Gasteiger partial charge in [0, 0.05) is 19.6 Å². The number of nitrogens with one attached hydrogen (secondary N) is 1. The first-order valence-corrected chi connectivity index (χ1v) is 8.22. The molecule has 6 nitrogen and oxygen atoms in total. The third kappa shape index (κ3) is 4.12. The van der Waals surface area contributed by atoms with Gasteiger partial charge >= 0.3 is 12.0 Å².